The van der Waals surface area contributed by atoms with E-state index in [-0.39, 0.29) is 0 Å². The van der Waals surface area contributed by atoms with Crippen LogP contribution in [-0.2, 0) is 0 Å². The van der Waals surface area contributed by atoms with Crippen molar-refractivity contribution in [2.45, 2.75) is 31.5 Å². The van der Waals surface area contributed by atoms with Crippen LogP contribution in [0.1, 0.15) is 32.4 Å². The predicted molar refractivity (Wildman–Crippen MR) is 70.2 cm³/mol. The molecular weight excluding hydrogens is 297 g/mol. The van der Waals surface area contributed by atoms with Crippen LogP contribution in [0.2, 0.25) is 10.0 Å². The lowest BCUT2D eigenvalue weighted by molar-refractivity contribution is 0.488. The fraction of sp³-hybridized carbons (Fsp3) is 0.545. The Bertz CT molecular complexity index is 331. The van der Waals surface area contributed by atoms with Gasteiger partial charge in [-0.15, -0.1) is 0 Å². The molecule has 0 bridgehead atoms. The van der Waals surface area contributed by atoms with Crippen LogP contribution in [0.3, 0.4) is 0 Å². The molecule has 2 unspecified atom stereocenters. The van der Waals surface area contributed by atoms with Crippen LogP contribution in [0.4, 0.5) is 0 Å². The van der Waals surface area contributed by atoms with Crippen molar-refractivity contribution in [2.75, 3.05) is 0 Å². The summed E-state index contributed by atoms with van der Waals surface area (Å²) in [4.78, 5) is 4.66. The lowest BCUT2D eigenvalue weighted by atomic mass is 9.89. The van der Waals surface area contributed by atoms with Gasteiger partial charge in [0.25, 0.3) is 0 Å². The fourth-order valence-electron chi connectivity index (χ4n) is 1.73. The van der Waals surface area contributed by atoms with Gasteiger partial charge in [0.2, 0.25) is 0 Å². The highest BCUT2D eigenvalue weighted by atomic mass is 79.9. The van der Waals surface area contributed by atoms with E-state index < -0.39 is 0 Å². The maximum atomic E-state index is 6.14. The van der Waals surface area contributed by atoms with Crippen LogP contribution in [0, 0.1) is 5.92 Å². The number of hydrogen-bond donors (Lipinski definition) is 0. The van der Waals surface area contributed by atoms with Crippen LogP contribution >= 0.6 is 39.1 Å². The van der Waals surface area contributed by atoms with Gasteiger partial charge in [0, 0.05) is 16.9 Å². The van der Waals surface area contributed by atoms with E-state index in [1.807, 2.05) is 0 Å². The summed E-state index contributed by atoms with van der Waals surface area (Å²) in [5.41, 5.74) is 0.917. The van der Waals surface area contributed by atoms with Gasteiger partial charge in [0.15, 0.2) is 0 Å². The van der Waals surface area contributed by atoms with E-state index in [2.05, 4.69) is 41.7 Å². The highest BCUT2D eigenvalue weighted by Gasteiger charge is 2.24. The minimum Gasteiger partial charge on any atom is -0.258 e. The molecule has 0 aromatic carbocycles. The molecule has 1 aromatic heterocycles. The van der Waals surface area contributed by atoms with Crippen molar-refractivity contribution in [3.63, 3.8) is 0 Å². The summed E-state index contributed by atoms with van der Waals surface area (Å²) < 4.78 is 0. The summed E-state index contributed by atoms with van der Waals surface area (Å²) in [5.74, 6) is 0.778. The molecule has 1 heterocycles. The van der Waals surface area contributed by atoms with E-state index in [0.717, 1.165) is 5.69 Å². The Morgan fingerprint density at radius 2 is 1.87 bits per heavy atom. The van der Waals surface area contributed by atoms with Crippen molar-refractivity contribution in [1.29, 1.82) is 0 Å². The Labute approximate surface area is 109 Å². The summed E-state index contributed by atoms with van der Waals surface area (Å²) in [6.07, 6.45) is 1.65. The van der Waals surface area contributed by atoms with Gasteiger partial charge in [0.05, 0.1) is 15.7 Å². The second kappa shape index (κ2) is 5.51. The zero-order valence-corrected chi connectivity index (χ0v) is 12.1. The van der Waals surface area contributed by atoms with E-state index in [0.29, 0.717) is 26.7 Å². The van der Waals surface area contributed by atoms with Crippen molar-refractivity contribution in [1.82, 2.24) is 4.98 Å². The zero-order chi connectivity index (χ0) is 11.6. The third-order valence-electron chi connectivity index (χ3n) is 2.37. The Balaban J connectivity index is 3.12. The van der Waals surface area contributed by atoms with Crippen molar-refractivity contribution in [3.8, 4) is 0 Å². The number of aromatic nitrogens is 1. The molecular formula is C11H14BrCl2N. The maximum Gasteiger partial charge on any atom is 0.0639 e. The monoisotopic (exact) mass is 309 g/mol. The fourth-order valence-corrected chi connectivity index (χ4v) is 3.10. The number of halogens is 3. The van der Waals surface area contributed by atoms with E-state index in [1.165, 1.54) is 0 Å². The van der Waals surface area contributed by atoms with Crippen molar-refractivity contribution < 1.29 is 0 Å². The van der Waals surface area contributed by atoms with Crippen LogP contribution in [0.25, 0.3) is 0 Å². The van der Waals surface area contributed by atoms with E-state index in [9.17, 15) is 0 Å². The minimum absolute atomic E-state index is 0.301. The molecule has 0 fully saturated rings. The van der Waals surface area contributed by atoms with Crippen molar-refractivity contribution in [2.24, 2.45) is 5.92 Å². The summed E-state index contributed by atoms with van der Waals surface area (Å²) in [6.45, 7) is 6.43. The van der Waals surface area contributed by atoms with Gasteiger partial charge in [-0.25, -0.2) is 0 Å². The first-order valence-corrected chi connectivity index (χ1v) is 6.55. The van der Waals surface area contributed by atoms with Crippen molar-refractivity contribution >= 4 is 39.1 Å². The molecule has 0 aliphatic heterocycles. The second-order valence-corrected chi connectivity index (χ2v) is 6.26. The van der Waals surface area contributed by atoms with Crippen LogP contribution < -0.4 is 0 Å². The quantitative estimate of drug-likeness (QED) is 0.723. The molecule has 1 rings (SSSR count). The smallest absolute Gasteiger partial charge is 0.0639 e. The lowest BCUT2D eigenvalue weighted by Gasteiger charge is -2.23. The number of nitrogens with zero attached hydrogens (tertiary/aromatic N) is 1. The molecule has 0 aliphatic carbocycles. The minimum atomic E-state index is 0.301. The standard InChI is InChI=1S/C11H14BrCl2N/c1-6(2)10(7(3)12)11-9(14)4-8(13)5-15-11/h4-7,10H,1-3H3. The van der Waals surface area contributed by atoms with Gasteiger partial charge in [0.1, 0.15) is 0 Å². The molecule has 0 aliphatic rings. The molecule has 15 heavy (non-hydrogen) atoms. The molecule has 0 N–H and O–H groups in total. The third kappa shape index (κ3) is 3.33. The van der Waals surface area contributed by atoms with Crippen LogP contribution in [0.15, 0.2) is 12.3 Å². The molecule has 0 saturated heterocycles. The molecule has 0 amide bonds. The van der Waals surface area contributed by atoms with Crippen LogP contribution in [0.5, 0.6) is 0 Å². The number of rotatable bonds is 3. The normalized spacial score (nSPS) is 15.4. The molecule has 2 atom stereocenters. The van der Waals surface area contributed by atoms with Gasteiger partial charge < -0.3 is 0 Å². The van der Waals surface area contributed by atoms with Gasteiger partial charge in [-0.2, -0.15) is 0 Å². The first-order chi connectivity index (χ1) is 6.93. The first kappa shape index (κ1) is 13.3. The predicted octanol–water partition coefficient (Wildman–Crippen LogP) is 4.91. The Hall–Kier alpha value is 0.210. The molecule has 0 radical (unpaired) electrons. The third-order valence-corrected chi connectivity index (χ3v) is 3.44. The summed E-state index contributed by atoms with van der Waals surface area (Å²) >= 11 is 15.6. The Morgan fingerprint density at radius 1 is 1.27 bits per heavy atom. The molecule has 0 spiro atoms. The van der Waals surface area contributed by atoms with Gasteiger partial charge in [-0.05, 0) is 12.0 Å². The number of alkyl halides is 1. The molecule has 1 nitrogen and oxygen atoms in total. The van der Waals surface area contributed by atoms with E-state index >= 15 is 0 Å². The van der Waals surface area contributed by atoms with Crippen molar-refractivity contribution in [3.05, 3.63) is 28.0 Å². The topological polar surface area (TPSA) is 12.9 Å². The highest BCUT2D eigenvalue weighted by Crippen LogP contribution is 2.35. The average Bonchev–Trinajstić information content (AvgIpc) is 2.08. The summed E-state index contributed by atoms with van der Waals surface area (Å²) in [7, 11) is 0. The molecule has 4 heteroatoms. The summed E-state index contributed by atoms with van der Waals surface area (Å²) in [5, 5.41) is 1.22. The summed E-state index contributed by atoms with van der Waals surface area (Å²) in [6, 6.07) is 1.75. The maximum absolute atomic E-state index is 6.14. The molecule has 0 saturated carbocycles. The molecule has 84 valence electrons. The lowest BCUT2D eigenvalue weighted by Crippen LogP contribution is -2.17. The Kier molecular flexibility index (Phi) is 4.88. The highest BCUT2D eigenvalue weighted by molar-refractivity contribution is 9.09. The van der Waals surface area contributed by atoms with E-state index in [4.69, 9.17) is 23.2 Å². The van der Waals surface area contributed by atoms with Gasteiger partial charge in [-0.3, -0.25) is 4.98 Å². The SMILES string of the molecule is CC(C)C(c1ncc(Cl)cc1Cl)C(C)Br. The average molecular weight is 311 g/mol. The second-order valence-electron chi connectivity index (χ2n) is 3.97. The van der Waals surface area contributed by atoms with Gasteiger partial charge >= 0.3 is 0 Å². The van der Waals surface area contributed by atoms with Crippen LogP contribution in [-0.4, -0.2) is 9.81 Å². The van der Waals surface area contributed by atoms with E-state index in [1.54, 1.807) is 12.3 Å². The largest absolute Gasteiger partial charge is 0.258 e. The molecule has 1 aromatic rings. The van der Waals surface area contributed by atoms with Gasteiger partial charge in [-0.1, -0.05) is 59.9 Å². The zero-order valence-electron chi connectivity index (χ0n) is 8.97. The number of pyridine rings is 1. The first-order valence-electron chi connectivity index (χ1n) is 4.88. The number of hydrogen-bond acceptors (Lipinski definition) is 1. The Morgan fingerprint density at radius 3 is 2.27 bits per heavy atom.